The van der Waals surface area contributed by atoms with E-state index in [1.807, 2.05) is 16.3 Å². The summed E-state index contributed by atoms with van der Waals surface area (Å²) < 4.78 is 32.7. The number of hydrogen-bond acceptors (Lipinski definition) is 6. The molecule has 0 radical (unpaired) electrons. The van der Waals surface area contributed by atoms with Crippen molar-refractivity contribution in [2.24, 2.45) is 0 Å². The lowest BCUT2D eigenvalue weighted by molar-refractivity contribution is 0.122. The molecule has 2 aromatic heterocycles. The normalized spacial score (nSPS) is 16.9. The number of hydrogen-bond donors (Lipinski definition) is 0. The van der Waals surface area contributed by atoms with Crippen molar-refractivity contribution in [1.82, 2.24) is 9.97 Å². The quantitative estimate of drug-likeness (QED) is 0.857. The molecule has 0 bridgehead atoms. The van der Waals surface area contributed by atoms with E-state index in [4.69, 9.17) is 4.74 Å². The van der Waals surface area contributed by atoms with Crippen LogP contribution in [-0.2, 0) is 21.3 Å². The number of nitrogens with zero attached hydrogens (tertiary/aromatic N) is 3. The predicted octanol–water partition coefficient (Wildman–Crippen LogP) is 1.82. The highest BCUT2D eigenvalue weighted by molar-refractivity contribution is 7.86. The van der Waals surface area contributed by atoms with Gasteiger partial charge in [0, 0.05) is 13.1 Å². The van der Waals surface area contributed by atoms with E-state index in [0.29, 0.717) is 26.3 Å². The number of morpholine rings is 1. The molecular weight excluding hydrogens is 313 g/mol. The van der Waals surface area contributed by atoms with Crippen LogP contribution in [0.15, 0.2) is 28.0 Å². The van der Waals surface area contributed by atoms with Crippen LogP contribution in [0, 0.1) is 5.82 Å². The van der Waals surface area contributed by atoms with Crippen LogP contribution in [0.4, 0.5) is 10.2 Å². The monoisotopic (exact) mass is 327 g/mol. The van der Waals surface area contributed by atoms with E-state index in [1.54, 1.807) is 6.07 Å². The van der Waals surface area contributed by atoms with Gasteiger partial charge in [0.2, 0.25) is 0 Å². The average Bonchev–Trinajstić information content (AvgIpc) is 3.05. The van der Waals surface area contributed by atoms with Crippen molar-refractivity contribution in [1.29, 1.82) is 0 Å². The molecule has 0 aromatic carbocycles. The number of aromatic nitrogens is 2. The minimum absolute atomic E-state index is 0.0617. The topological polar surface area (TPSA) is 55.3 Å². The molecule has 0 amide bonds. The van der Waals surface area contributed by atoms with E-state index < -0.39 is 16.6 Å². The molecule has 1 aliphatic heterocycles. The van der Waals surface area contributed by atoms with Crippen LogP contribution in [0.25, 0.3) is 0 Å². The number of ether oxygens (including phenoxy) is 1. The van der Waals surface area contributed by atoms with Crippen LogP contribution in [-0.4, -0.2) is 40.5 Å². The molecule has 0 saturated carbocycles. The summed E-state index contributed by atoms with van der Waals surface area (Å²) in [4.78, 5) is 9.80. The second kappa shape index (κ2) is 6.59. The minimum Gasteiger partial charge on any atom is -0.378 e. The maximum atomic E-state index is 14.5. The van der Waals surface area contributed by atoms with Crippen molar-refractivity contribution >= 4 is 28.0 Å². The van der Waals surface area contributed by atoms with Gasteiger partial charge in [-0.15, -0.1) is 11.3 Å². The van der Waals surface area contributed by atoms with Crippen molar-refractivity contribution in [3.05, 3.63) is 35.4 Å². The number of rotatable bonds is 4. The van der Waals surface area contributed by atoms with Crippen molar-refractivity contribution in [2.75, 3.05) is 31.2 Å². The van der Waals surface area contributed by atoms with Crippen molar-refractivity contribution in [3.8, 4) is 0 Å². The first-order chi connectivity index (χ1) is 10.3. The number of thiophene rings is 1. The summed E-state index contributed by atoms with van der Waals surface area (Å²) in [7, 11) is -1.28. The molecule has 0 aliphatic carbocycles. The van der Waals surface area contributed by atoms with Crippen LogP contribution in [0.5, 0.6) is 0 Å². The van der Waals surface area contributed by atoms with E-state index in [-0.39, 0.29) is 17.3 Å². The summed E-state index contributed by atoms with van der Waals surface area (Å²) in [5, 5.41) is 1.85. The Morgan fingerprint density at radius 2 is 2.19 bits per heavy atom. The van der Waals surface area contributed by atoms with E-state index in [1.165, 1.54) is 17.7 Å². The molecule has 8 heteroatoms. The minimum atomic E-state index is -1.28. The third-order valence-electron chi connectivity index (χ3n) is 3.14. The molecule has 1 unspecified atom stereocenters. The molecule has 2 aromatic rings. The highest BCUT2D eigenvalue weighted by Gasteiger charge is 2.21. The zero-order chi connectivity index (χ0) is 14.7. The van der Waals surface area contributed by atoms with Gasteiger partial charge in [-0.25, -0.2) is 14.4 Å². The lowest BCUT2D eigenvalue weighted by Crippen LogP contribution is -2.37. The Balaban J connectivity index is 1.81. The van der Waals surface area contributed by atoms with Gasteiger partial charge < -0.3 is 9.64 Å². The van der Waals surface area contributed by atoms with Crippen LogP contribution in [0.3, 0.4) is 0 Å². The highest BCUT2D eigenvalue weighted by atomic mass is 32.2. The summed E-state index contributed by atoms with van der Waals surface area (Å²) in [5.41, 5.74) is 0.193. The Morgan fingerprint density at radius 1 is 1.38 bits per heavy atom. The van der Waals surface area contributed by atoms with Gasteiger partial charge in [-0.05, 0) is 11.4 Å². The first kappa shape index (κ1) is 14.6. The van der Waals surface area contributed by atoms with Gasteiger partial charge in [-0.2, -0.15) is 0 Å². The van der Waals surface area contributed by atoms with Gasteiger partial charge in [0.1, 0.15) is 6.33 Å². The molecule has 1 atom stereocenters. The van der Waals surface area contributed by atoms with Crippen LogP contribution >= 0.6 is 11.3 Å². The van der Waals surface area contributed by atoms with Crippen molar-refractivity contribution in [2.45, 2.75) is 9.96 Å². The molecule has 0 spiro atoms. The predicted molar refractivity (Wildman–Crippen MR) is 79.5 cm³/mol. The summed E-state index contributed by atoms with van der Waals surface area (Å²) in [6.07, 6.45) is 1.33. The average molecular weight is 327 g/mol. The lowest BCUT2D eigenvalue weighted by Gasteiger charge is -2.28. The van der Waals surface area contributed by atoms with Crippen LogP contribution < -0.4 is 4.90 Å². The second-order valence-corrected chi connectivity index (χ2v) is 7.10. The summed E-state index contributed by atoms with van der Waals surface area (Å²) in [6.45, 7) is 2.31. The Kier molecular flexibility index (Phi) is 4.57. The molecule has 0 N–H and O–H groups in total. The molecule has 5 nitrogen and oxygen atoms in total. The molecule has 3 heterocycles. The highest BCUT2D eigenvalue weighted by Crippen LogP contribution is 2.22. The fraction of sp³-hybridized carbons (Fsp3) is 0.385. The lowest BCUT2D eigenvalue weighted by atomic mass is 10.3. The largest absolute Gasteiger partial charge is 0.378 e. The Labute approximate surface area is 128 Å². The second-order valence-electron chi connectivity index (χ2n) is 4.48. The molecule has 112 valence electrons. The van der Waals surface area contributed by atoms with Crippen LogP contribution in [0.1, 0.15) is 5.69 Å². The summed E-state index contributed by atoms with van der Waals surface area (Å²) in [5.74, 6) is -0.151. The first-order valence-electron chi connectivity index (χ1n) is 6.49. The van der Waals surface area contributed by atoms with Gasteiger partial charge in [0.05, 0.1) is 39.7 Å². The maximum absolute atomic E-state index is 14.5. The Bertz CT molecular complexity index is 630. The van der Waals surface area contributed by atoms with E-state index in [9.17, 15) is 8.60 Å². The fourth-order valence-electron chi connectivity index (χ4n) is 2.08. The fourth-order valence-corrected chi connectivity index (χ4v) is 4.12. The summed E-state index contributed by atoms with van der Waals surface area (Å²) >= 11 is 1.40. The van der Waals surface area contributed by atoms with Gasteiger partial charge >= 0.3 is 0 Å². The van der Waals surface area contributed by atoms with Gasteiger partial charge in [0.25, 0.3) is 0 Å². The molecule has 21 heavy (non-hydrogen) atoms. The Hall–Kier alpha value is -1.38. The number of anilines is 1. The zero-order valence-corrected chi connectivity index (χ0v) is 12.8. The van der Waals surface area contributed by atoms with Gasteiger partial charge in [0.15, 0.2) is 11.6 Å². The molecule has 1 aliphatic rings. The third-order valence-corrected chi connectivity index (χ3v) is 5.77. The first-order valence-corrected chi connectivity index (χ1v) is 8.69. The van der Waals surface area contributed by atoms with E-state index in [2.05, 4.69) is 9.97 Å². The number of halogens is 1. The van der Waals surface area contributed by atoms with Crippen molar-refractivity contribution in [3.63, 3.8) is 0 Å². The van der Waals surface area contributed by atoms with E-state index in [0.717, 1.165) is 4.21 Å². The Morgan fingerprint density at radius 3 is 2.90 bits per heavy atom. The zero-order valence-electron chi connectivity index (χ0n) is 11.2. The van der Waals surface area contributed by atoms with Crippen LogP contribution in [0.2, 0.25) is 0 Å². The molecule has 3 rings (SSSR count). The standard InChI is InChI=1S/C13H14FN3O2S2/c14-12-10(8-21(18)11-2-1-7-20-11)15-9-16-13(12)17-3-5-19-6-4-17/h1-2,7,9H,3-6,8H2. The van der Waals surface area contributed by atoms with Gasteiger partial charge in [-0.3, -0.25) is 4.21 Å². The maximum Gasteiger partial charge on any atom is 0.188 e. The third kappa shape index (κ3) is 3.28. The SMILES string of the molecule is O=S(Cc1ncnc(N2CCOCC2)c1F)c1cccs1. The molecule has 1 fully saturated rings. The van der Waals surface area contributed by atoms with Crippen molar-refractivity contribution < 1.29 is 13.3 Å². The molecular formula is C13H14FN3O2S2. The van der Waals surface area contributed by atoms with E-state index >= 15 is 0 Å². The summed E-state index contributed by atoms with van der Waals surface area (Å²) in [6, 6.07) is 3.61. The molecule has 1 saturated heterocycles. The smallest absolute Gasteiger partial charge is 0.188 e. The van der Waals surface area contributed by atoms with Gasteiger partial charge in [-0.1, -0.05) is 6.07 Å².